The van der Waals surface area contributed by atoms with Gasteiger partial charge in [0, 0.05) is 11.1 Å². The molecule has 0 bridgehead atoms. The average Bonchev–Trinajstić information content (AvgIpc) is 2.79. The third kappa shape index (κ3) is 3.73. The quantitative estimate of drug-likeness (QED) is 0.522. The van der Waals surface area contributed by atoms with Gasteiger partial charge in [-0.1, -0.05) is 66.7 Å². The monoisotopic (exact) mass is 377 g/mol. The fourth-order valence-corrected chi connectivity index (χ4v) is 3.38. The van der Waals surface area contributed by atoms with Crippen molar-refractivity contribution in [3.63, 3.8) is 0 Å². The number of benzene rings is 3. The number of hydrogen-bond donors (Lipinski definition) is 2. The molecule has 4 heteroatoms. The minimum atomic E-state index is -0.00651. The van der Waals surface area contributed by atoms with Gasteiger partial charge in [0.1, 0.15) is 17.5 Å². The maximum absolute atomic E-state index is 9.68. The van der Waals surface area contributed by atoms with Crippen molar-refractivity contribution in [2.24, 2.45) is 0 Å². The average molecular weight is 377 g/mol. The first-order valence-corrected chi connectivity index (χ1v) is 9.26. The number of anilines is 1. The summed E-state index contributed by atoms with van der Waals surface area (Å²) in [4.78, 5) is 4.43. The molecular weight excluding hydrogens is 358 g/mol. The first kappa shape index (κ1) is 18.4. The first-order valence-electron chi connectivity index (χ1n) is 9.26. The van der Waals surface area contributed by atoms with Crippen molar-refractivity contribution < 1.29 is 5.11 Å². The van der Waals surface area contributed by atoms with Crippen LogP contribution in [0.2, 0.25) is 0 Å². The summed E-state index contributed by atoms with van der Waals surface area (Å²) in [6, 6.07) is 29.6. The van der Waals surface area contributed by atoms with Crippen LogP contribution < -0.4 is 5.73 Å². The predicted octanol–water partition coefficient (Wildman–Crippen LogP) is 5.03. The van der Waals surface area contributed by atoms with E-state index in [4.69, 9.17) is 5.73 Å². The Morgan fingerprint density at radius 3 is 2.17 bits per heavy atom. The summed E-state index contributed by atoms with van der Waals surface area (Å²) >= 11 is 0. The molecule has 0 aliphatic rings. The molecule has 140 valence electrons. The van der Waals surface area contributed by atoms with Gasteiger partial charge in [-0.2, -0.15) is 5.26 Å². The topological polar surface area (TPSA) is 82.9 Å². The van der Waals surface area contributed by atoms with E-state index in [1.807, 2.05) is 84.9 Å². The number of pyridine rings is 1. The SMILES string of the molecule is N#Cc1c(-c2cccc(-c3cccc(CO)c3)c2)cc(-c2ccccc2)nc1N. The third-order valence-corrected chi connectivity index (χ3v) is 4.85. The van der Waals surface area contributed by atoms with Crippen LogP contribution in [0.1, 0.15) is 11.1 Å². The van der Waals surface area contributed by atoms with Crippen LogP contribution in [-0.4, -0.2) is 10.1 Å². The molecule has 0 atom stereocenters. The molecule has 0 radical (unpaired) electrons. The summed E-state index contributed by atoms with van der Waals surface area (Å²) in [5.41, 5.74) is 12.7. The van der Waals surface area contributed by atoms with Gasteiger partial charge >= 0.3 is 0 Å². The molecule has 4 nitrogen and oxygen atoms in total. The Bertz CT molecular complexity index is 1210. The highest BCUT2D eigenvalue weighted by Gasteiger charge is 2.14. The van der Waals surface area contributed by atoms with Crippen LogP contribution in [0.5, 0.6) is 0 Å². The Balaban J connectivity index is 1.86. The van der Waals surface area contributed by atoms with Crippen molar-refractivity contribution in [1.29, 1.82) is 5.26 Å². The highest BCUT2D eigenvalue weighted by molar-refractivity contribution is 5.82. The van der Waals surface area contributed by atoms with Crippen molar-refractivity contribution in [2.75, 3.05) is 5.73 Å². The van der Waals surface area contributed by atoms with Gasteiger partial charge < -0.3 is 10.8 Å². The van der Waals surface area contributed by atoms with E-state index in [2.05, 4.69) is 11.1 Å². The van der Waals surface area contributed by atoms with Crippen LogP contribution in [0, 0.1) is 11.3 Å². The smallest absolute Gasteiger partial charge is 0.142 e. The maximum atomic E-state index is 9.68. The second kappa shape index (κ2) is 7.97. The summed E-state index contributed by atoms with van der Waals surface area (Å²) in [6.07, 6.45) is 0. The summed E-state index contributed by atoms with van der Waals surface area (Å²) < 4.78 is 0. The lowest BCUT2D eigenvalue weighted by Gasteiger charge is -2.12. The number of rotatable bonds is 4. The van der Waals surface area contributed by atoms with Crippen LogP contribution in [0.3, 0.4) is 0 Å². The highest BCUT2D eigenvalue weighted by Crippen LogP contribution is 2.33. The zero-order valence-electron chi connectivity index (χ0n) is 15.7. The van der Waals surface area contributed by atoms with Crippen molar-refractivity contribution in [3.8, 4) is 39.6 Å². The van der Waals surface area contributed by atoms with E-state index >= 15 is 0 Å². The lowest BCUT2D eigenvalue weighted by Crippen LogP contribution is -1.99. The maximum Gasteiger partial charge on any atom is 0.142 e. The normalized spacial score (nSPS) is 10.5. The minimum absolute atomic E-state index is 0.00651. The van der Waals surface area contributed by atoms with Gasteiger partial charge in [0.25, 0.3) is 0 Å². The third-order valence-electron chi connectivity index (χ3n) is 4.85. The fourth-order valence-electron chi connectivity index (χ4n) is 3.38. The number of nitrogens with zero attached hydrogens (tertiary/aromatic N) is 2. The fraction of sp³-hybridized carbons (Fsp3) is 0.0400. The van der Waals surface area contributed by atoms with Gasteiger partial charge in [-0.25, -0.2) is 4.98 Å². The van der Waals surface area contributed by atoms with Gasteiger partial charge in [-0.3, -0.25) is 0 Å². The Morgan fingerprint density at radius 2 is 1.45 bits per heavy atom. The Kier molecular flexibility index (Phi) is 5.07. The Morgan fingerprint density at radius 1 is 0.793 bits per heavy atom. The zero-order chi connectivity index (χ0) is 20.2. The molecule has 4 rings (SSSR count). The largest absolute Gasteiger partial charge is 0.392 e. The van der Waals surface area contributed by atoms with Crippen LogP contribution in [0.15, 0.2) is 84.9 Å². The lowest BCUT2D eigenvalue weighted by molar-refractivity contribution is 0.282. The number of nitrogen functional groups attached to an aromatic ring is 1. The molecule has 29 heavy (non-hydrogen) atoms. The molecule has 4 aromatic rings. The van der Waals surface area contributed by atoms with Crippen LogP contribution in [-0.2, 0) is 6.61 Å². The second-order valence-corrected chi connectivity index (χ2v) is 6.73. The molecular formula is C25H19N3O. The van der Waals surface area contributed by atoms with Crippen LogP contribution in [0.25, 0.3) is 33.5 Å². The van der Waals surface area contributed by atoms with Crippen molar-refractivity contribution in [1.82, 2.24) is 4.98 Å². The Hall–Kier alpha value is -3.94. The summed E-state index contributed by atoms with van der Waals surface area (Å²) in [5, 5.41) is 19.1. The molecule has 0 fully saturated rings. The molecule has 0 spiro atoms. The predicted molar refractivity (Wildman–Crippen MR) is 116 cm³/mol. The van der Waals surface area contributed by atoms with Gasteiger partial charge in [-0.05, 0) is 40.5 Å². The van der Waals surface area contributed by atoms with E-state index in [0.29, 0.717) is 5.56 Å². The minimum Gasteiger partial charge on any atom is -0.392 e. The highest BCUT2D eigenvalue weighted by atomic mass is 16.3. The number of nitriles is 1. The molecule has 0 saturated carbocycles. The Labute approximate surface area is 169 Å². The van der Waals surface area contributed by atoms with Crippen molar-refractivity contribution >= 4 is 5.82 Å². The van der Waals surface area contributed by atoms with E-state index in [9.17, 15) is 10.4 Å². The van der Waals surface area contributed by atoms with Gasteiger partial charge in [0.05, 0.1) is 12.3 Å². The lowest BCUT2D eigenvalue weighted by atomic mass is 9.95. The second-order valence-electron chi connectivity index (χ2n) is 6.73. The molecule has 3 N–H and O–H groups in total. The van der Waals surface area contributed by atoms with E-state index < -0.39 is 0 Å². The first-order chi connectivity index (χ1) is 14.2. The number of aliphatic hydroxyl groups excluding tert-OH is 1. The van der Waals surface area contributed by atoms with E-state index in [0.717, 1.165) is 39.1 Å². The standard InChI is InChI=1S/C25H19N3O/c26-15-23-22(14-24(28-25(23)27)18-7-2-1-3-8-18)21-11-5-10-20(13-21)19-9-4-6-17(12-19)16-29/h1-14,29H,16H2,(H2,27,28). The van der Waals surface area contributed by atoms with Crippen molar-refractivity contribution in [3.05, 3.63) is 96.1 Å². The van der Waals surface area contributed by atoms with Crippen molar-refractivity contribution in [2.45, 2.75) is 6.61 Å². The molecule has 0 aliphatic heterocycles. The number of hydrogen-bond acceptors (Lipinski definition) is 4. The molecule has 0 aliphatic carbocycles. The number of nitrogens with two attached hydrogens (primary N) is 1. The van der Waals surface area contributed by atoms with E-state index in [-0.39, 0.29) is 12.4 Å². The van der Waals surface area contributed by atoms with E-state index in [1.54, 1.807) is 0 Å². The summed E-state index contributed by atoms with van der Waals surface area (Å²) in [7, 11) is 0. The molecule has 1 aromatic heterocycles. The van der Waals surface area contributed by atoms with E-state index in [1.165, 1.54) is 0 Å². The zero-order valence-corrected chi connectivity index (χ0v) is 15.7. The summed E-state index contributed by atoms with van der Waals surface area (Å²) in [5.74, 6) is 0.219. The van der Waals surface area contributed by atoms with Crippen LogP contribution >= 0.6 is 0 Å². The van der Waals surface area contributed by atoms with Gasteiger partial charge in [0.2, 0.25) is 0 Å². The van der Waals surface area contributed by atoms with Gasteiger partial charge in [-0.15, -0.1) is 0 Å². The van der Waals surface area contributed by atoms with Gasteiger partial charge in [0.15, 0.2) is 0 Å². The molecule has 0 unspecified atom stereocenters. The molecule has 0 amide bonds. The molecule has 0 saturated heterocycles. The van der Waals surface area contributed by atoms with Crippen LogP contribution in [0.4, 0.5) is 5.82 Å². The number of aromatic nitrogens is 1. The molecule has 1 heterocycles. The number of aliphatic hydroxyl groups is 1. The summed E-state index contributed by atoms with van der Waals surface area (Å²) in [6.45, 7) is -0.00651. The molecule has 3 aromatic carbocycles.